The van der Waals surface area contributed by atoms with E-state index in [1.54, 1.807) is 12.1 Å². The molecule has 3 heteroatoms. The van der Waals surface area contributed by atoms with E-state index in [1.807, 2.05) is 32.0 Å². The Labute approximate surface area is 101 Å². The molecule has 0 aliphatic heterocycles. The number of ether oxygens (including phenoxy) is 1. The Hall–Kier alpha value is -1.87. The van der Waals surface area contributed by atoms with Crippen molar-refractivity contribution in [3.05, 3.63) is 53.2 Å². The number of aliphatic hydroxyl groups is 1. The molecule has 3 nitrogen and oxygen atoms in total. The predicted octanol–water partition coefficient (Wildman–Crippen LogP) is 2.98. The Kier molecular flexibility index (Phi) is 3.40. The molecular weight excluding hydrogens is 214 g/mol. The van der Waals surface area contributed by atoms with Crippen LogP contribution in [0.1, 0.15) is 16.8 Å². The highest BCUT2D eigenvalue weighted by molar-refractivity contribution is 5.38. The van der Waals surface area contributed by atoms with Crippen molar-refractivity contribution in [2.75, 3.05) is 0 Å². The maximum absolute atomic E-state index is 9.00. The van der Waals surface area contributed by atoms with Crippen molar-refractivity contribution in [3.8, 4) is 11.6 Å². The Morgan fingerprint density at radius 3 is 2.71 bits per heavy atom. The molecule has 0 fully saturated rings. The fraction of sp³-hybridized carbons (Fsp3) is 0.214. The summed E-state index contributed by atoms with van der Waals surface area (Å²) >= 11 is 0. The molecule has 1 heterocycles. The highest BCUT2D eigenvalue weighted by Crippen LogP contribution is 2.24. The Morgan fingerprint density at radius 2 is 2.00 bits per heavy atom. The first-order valence-corrected chi connectivity index (χ1v) is 5.51. The summed E-state index contributed by atoms with van der Waals surface area (Å²) < 4.78 is 5.68. The molecule has 0 radical (unpaired) electrons. The Balaban J connectivity index is 2.25. The van der Waals surface area contributed by atoms with Gasteiger partial charge >= 0.3 is 0 Å². The molecule has 1 N–H and O–H groups in total. The standard InChI is InChI=1S/C14H15NO2/c1-10-6-7-13(11(2)8-10)17-14-5-3-4-12(9-16)15-14/h3-8,16H,9H2,1-2H3. The molecule has 0 atom stereocenters. The number of aromatic nitrogens is 1. The molecule has 2 aromatic rings. The van der Waals surface area contributed by atoms with Gasteiger partial charge in [-0.1, -0.05) is 23.8 Å². The zero-order valence-corrected chi connectivity index (χ0v) is 9.97. The Bertz CT molecular complexity index is 523. The number of nitrogens with zero attached hydrogens (tertiary/aromatic N) is 1. The molecule has 88 valence electrons. The molecule has 17 heavy (non-hydrogen) atoms. The average molecular weight is 229 g/mol. The van der Waals surface area contributed by atoms with Crippen molar-refractivity contribution < 1.29 is 9.84 Å². The van der Waals surface area contributed by atoms with Gasteiger partial charge in [-0.2, -0.15) is 0 Å². The second-order valence-electron chi connectivity index (χ2n) is 4.00. The van der Waals surface area contributed by atoms with Gasteiger partial charge in [-0.15, -0.1) is 0 Å². The van der Waals surface area contributed by atoms with E-state index in [4.69, 9.17) is 9.84 Å². The lowest BCUT2D eigenvalue weighted by molar-refractivity contribution is 0.275. The van der Waals surface area contributed by atoms with Crippen LogP contribution in [0.5, 0.6) is 11.6 Å². The van der Waals surface area contributed by atoms with E-state index in [0.717, 1.165) is 11.3 Å². The predicted molar refractivity (Wildman–Crippen MR) is 66.1 cm³/mol. The van der Waals surface area contributed by atoms with Gasteiger partial charge in [0.05, 0.1) is 12.3 Å². The molecule has 0 saturated heterocycles. The molecule has 0 spiro atoms. The van der Waals surface area contributed by atoms with Crippen LogP contribution in [0.3, 0.4) is 0 Å². The van der Waals surface area contributed by atoms with Crippen molar-refractivity contribution in [1.29, 1.82) is 0 Å². The minimum Gasteiger partial charge on any atom is -0.439 e. The van der Waals surface area contributed by atoms with Gasteiger partial charge in [-0.3, -0.25) is 0 Å². The molecule has 0 saturated carbocycles. The first-order valence-electron chi connectivity index (χ1n) is 5.51. The van der Waals surface area contributed by atoms with Crippen LogP contribution in [0, 0.1) is 13.8 Å². The van der Waals surface area contributed by atoms with Gasteiger partial charge in [0.15, 0.2) is 0 Å². The van der Waals surface area contributed by atoms with E-state index in [9.17, 15) is 0 Å². The second kappa shape index (κ2) is 4.97. The summed E-state index contributed by atoms with van der Waals surface area (Å²) in [5.74, 6) is 1.29. The van der Waals surface area contributed by atoms with Crippen LogP contribution < -0.4 is 4.74 Å². The number of rotatable bonds is 3. The molecular formula is C14H15NO2. The lowest BCUT2D eigenvalue weighted by Gasteiger charge is -2.09. The van der Waals surface area contributed by atoms with Crippen LogP contribution in [-0.4, -0.2) is 10.1 Å². The van der Waals surface area contributed by atoms with E-state index in [1.165, 1.54) is 5.56 Å². The lowest BCUT2D eigenvalue weighted by Crippen LogP contribution is -1.94. The van der Waals surface area contributed by atoms with Gasteiger partial charge in [-0.25, -0.2) is 4.98 Å². The summed E-state index contributed by atoms with van der Waals surface area (Å²) in [7, 11) is 0. The first kappa shape index (κ1) is 11.6. The van der Waals surface area contributed by atoms with Crippen LogP contribution in [0.15, 0.2) is 36.4 Å². The van der Waals surface area contributed by atoms with Crippen LogP contribution in [-0.2, 0) is 6.61 Å². The highest BCUT2D eigenvalue weighted by Gasteiger charge is 2.03. The normalized spacial score (nSPS) is 10.3. The topological polar surface area (TPSA) is 42.4 Å². The van der Waals surface area contributed by atoms with Crippen molar-refractivity contribution in [2.45, 2.75) is 20.5 Å². The zero-order chi connectivity index (χ0) is 12.3. The summed E-state index contributed by atoms with van der Waals surface area (Å²) in [4.78, 5) is 4.18. The monoisotopic (exact) mass is 229 g/mol. The van der Waals surface area contributed by atoms with Gasteiger partial charge in [0.2, 0.25) is 5.88 Å². The largest absolute Gasteiger partial charge is 0.439 e. The maximum atomic E-state index is 9.00. The van der Waals surface area contributed by atoms with Gasteiger partial charge in [0, 0.05) is 6.07 Å². The number of aryl methyl sites for hydroxylation is 2. The minimum absolute atomic E-state index is 0.0793. The van der Waals surface area contributed by atoms with Gasteiger partial charge < -0.3 is 9.84 Å². The third kappa shape index (κ3) is 2.82. The smallest absolute Gasteiger partial charge is 0.219 e. The third-order valence-corrected chi connectivity index (χ3v) is 2.49. The number of aliphatic hydroxyl groups excluding tert-OH is 1. The van der Waals surface area contributed by atoms with Crippen LogP contribution in [0.4, 0.5) is 0 Å². The maximum Gasteiger partial charge on any atom is 0.219 e. The summed E-state index contributed by atoms with van der Waals surface area (Å²) in [5, 5.41) is 9.00. The second-order valence-corrected chi connectivity index (χ2v) is 4.00. The average Bonchev–Trinajstić information content (AvgIpc) is 2.33. The molecule has 2 rings (SSSR count). The number of pyridine rings is 1. The SMILES string of the molecule is Cc1ccc(Oc2cccc(CO)n2)c(C)c1. The summed E-state index contributed by atoms with van der Waals surface area (Å²) in [6, 6.07) is 11.3. The molecule has 1 aromatic heterocycles. The molecule has 0 aliphatic rings. The minimum atomic E-state index is -0.0793. The first-order chi connectivity index (χ1) is 8.19. The fourth-order valence-corrected chi connectivity index (χ4v) is 1.63. The summed E-state index contributed by atoms with van der Waals surface area (Å²) in [5.41, 5.74) is 2.88. The van der Waals surface area contributed by atoms with E-state index >= 15 is 0 Å². The van der Waals surface area contributed by atoms with Gasteiger partial charge in [0.1, 0.15) is 5.75 Å². The summed E-state index contributed by atoms with van der Waals surface area (Å²) in [6.45, 7) is 3.96. The van der Waals surface area contributed by atoms with Crippen LogP contribution in [0.2, 0.25) is 0 Å². The summed E-state index contributed by atoms with van der Waals surface area (Å²) in [6.07, 6.45) is 0. The van der Waals surface area contributed by atoms with E-state index in [0.29, 0.717) is 11.6 Å². The van der Waals surface area contributed by atoms with Gasteiger partial charge in [0.25, 0.3) is 0 Å². The van der Waals surface area contributed by atoms with Crippen molar-refractivity contribution in [3.63, 3.8) is 0 Å². The highest BCUT2D eigenvalue weighted by atomic mass is 16.5. The van der Waals surface area contributed by atoms with Crippen LogP contribution in [0.25, 0.3) is 0 Å². The quantitative estimate of drug-likeness (QED) is 0.879. The van der Waals surface area contributed by atoms with Crippen molar-refractivity contribution in [1.82, 2.24) is 4.98 Å². The van der Waals surface area contributed by atoms with Crippen molar-refractivity contribution >= 4 is 0 Å². The van der Waals surface area contributed by atoms with E-state index in [2.05, 4.69) is 11.1 Å². The number of hydrogen-bond donors (Lipinski definition) is 1. The van der Waals surface area contributed by atoms with Gasteiger partial charge in [-0.05, 0) is 31.5 Å². The molecule has 1 aromatic carbocycles. The van der Waals surface area contributed by atoms with Crippen LogP contribution >= 0.6 is 0 Å². The molecule has 0 unspecified atom stereocenters. The Morgan fingerprint density at radius 1 is 1.18 bits per heavy atom. The van der Waals surface area contributed by atoms with Crippen molar-refractivity contribution in [2.24, 2.45) is 0 Å². The molecule has 0 amide bonds. The van der Waals surface area contributed by atoms with E-state index in [-0.39, 0.29) is 6.61 Å². The van der Waals surface area contributed by atoms with E-state index < -0.39 is 0 Å². The lowest BCUT2D eigenvalue weighted by atomic mass is 10.1. The zero-order valence-electron chi connectivity index (χ0n) is 9.97. The molecule has 0 aliphatic carbocycles. The fourth-order valence-electron chi connectivity index (χ4n) is 1.63. The number of hydrogen-bond acceptors (Lipinski definition) is 3. The number of benzene rings is 1. The molecule has 0 bridgehead atoms. The third-order valence-electron chi connectivity index (χ3n) is 2.49.